The summed E-state index contributed by atoms with van der Waals surface area (Å²) in [4.78, 5) is 3.89. The van der Waals surface area contributed by atoms with E-state index in [0.29, 0.717) is 5.84 Å². The van der Waals surface area contributed by atoms with Crippen molar-refractivity contribution < 1.29 is 8.42 Å². The van der Waals surface area contributed by atoms with Gasteiger partial charge in [-0.1, -0.05) is 12.1 Å². The summed E-state index contributed by atoms with van der Waals surface area (Å²) in [5.41, 5.74) is 1.45. The van der Waals surface area contributed by atoms with Crippen molar-refractivity contribution in [2.24, 2.45) is 4.40 Å². The topological polar surface area (TPSA) is 56.2 Å². The van der Waals surface area contributed by atoms with E-state index in [0.717, 1.165) is 15.7 Å². The van der Waals surface area contributed by atoms with Gasteiger partial charge in [-0.3, -0.25) is 0 Å². The molecule has 0 N–H and O–H groups in total. The number of likely N-dealkylation sites (N-methyl/N-ethyl adjacent to an activating group) is 2. The van der Waals surface area contributed by atoms with E-state index in [2.05, 4.69) is 4.40 Å². The van der Waals surface area contributed by atoms with Crippen LogP contribution in [0.15, 0.2) is 28.7 Å². The second-order valence-corrected chi connectivity index (χ2v) is 7.65. The predicted octanol–water partition coefficient (Wildman–Crippen LogP) is 1.56. The number of para-hydroxylation sites is 2. The van der Waals surface area contributed by atoms with Gasteiger partial charge in [-0.2, -0.15) is 12.7 Å². The van der Waals surface area contributed by atoms with E-state index >= 15 is 0 Å². The Morgan fingerprint density at radius 3 is 2.14 bits per heavy atom. The van der Waals surface area contributed by atoms with E-state index in [9.17, 15) is 8.42 Å². The molecule has 1 aliphatic rings. The summed E-state index contributed by atoms with van der Waals surface area (Å²) in [6.07, 6.45) is 0. The Hall–Kier alpha value is -1.60. The summed E-state index contributed by atoms with van der Waals surface area (Å²) in [6.45, 7) is 3.92. The van der Waals surface area contributed by atoms with Crippen LogP contribution in [0.4, 0.5) is 11.4 Å². The Bertz CT molecular complexity index is 680. The number of anilines is 2. The molecule has 0 aromatic heterocycles. The number of hydrogen-bond donors (Lipinski definition) is 0. The molecular formula is C14H22N4O2S. The zero-order valence-corrected chi connectivity index (χ0v) is 14.1. The average molecular weight is 310 g/mol. The Balaban J connectivity index is 2.66. The van der Waals surface area contributed by atoms with Gasteiger partial charge in [0, 0.05) is 28.2 Å². The minimum absolute atomic E-state index is 0.498. The van der Waals surface area contributed by atoms with Crippen molar-refractivity contribution in [2.75, 3.05) is 38.0 Å². The maximum atomic E-state index is 12.1. The smallest absolute Gasteiger partial charge is 0.323 e. The summed E-state index contributed by atoms with van der Waals surface area (Å²) in [7, 11) is 3.08. The molecule has 0 atom stereocenters. The number of fused-ring (bicyclic) bond motifs is 1. The van der Waals surface area contributed by atoms with Crippen LogP contribution >= 0.6 is 0 Å². The zero-order chi connectivity index (χ0) is 16.0. The van der Waals surface area contributed by atoms with Crippen molar-refractivity contribution >= 4 is 27.4 Å². The lowest BCUT2D eigenvalue weighted by Crippen LogP contribution is -2.58. The number of amidine groups is 1. The highest BCUT2D eigenvalue weighted by atomic mass is 32.2. The number of benzene rings is 1. The molecular weight excluding hydrogens is 288 g/mol. The van der Waals surface area contributed by atoms with Gasteiger partial charge in [0.25, 0.3) is 0 Å². The molecule has 0 saturated carbocycles. The molecule has 0 aliphatic carbocycles. The fraction of sp³-hybridized carbons (Fsp3) is 0.500. The predicted molar refractivity (Wildman–Crippen MR) is 87.4 cm³/mol. The molecule has 1 aromatic rings. The molecule has 0 unspecified atom stereocenters. The molecule has 1 heterocycles. The van der Waals surface area contributed by atoms with E-state index in [4.69, 9.17) is 0 Å². The number of hydrogen-bond acceptors (Lipinski definition) is 3. The number of rotatable bonds is 2. The summed E-state index contributed by atoms with van der Waals surface area (Å²) < 4.78 is 29.5. The van der Waals surface area contributed by atoms with Crippen molar-refractivity contribution in [3.63, 3.8) is 0 Å². The lowest BCUT2D eigenvalue weighted by molar-refractivity contribution is 0.521. The second-order valence-electron chi connectivity index (χ2n) is 5.84. The minimum Gasteiger partial charge on any atom is -0.361 e. The van der Waals surface area contributed by atoms with Crippen LogP contribution in [0.2, 0.25) is 0 Å². The SMILES string of the molecule is CN1/C(=N/S(=O)(=O)N(C)C)C(C)(C)N(C)c2ccccc21. The van der Waals surface area contributed by atoms with Crippen molar-refractivity contribution in [3.8, 4) is 0 Å². The number of nitrogens with zero attached hydrogens (tertiary/aromatic N) is 4. The van der Waals surface area contributed by atoms with Crippen LogP contribution in [0.1, 0.15) is 13.8 Å². The third kappa shape index (κ3) is 2.51. The van der Waals surface area contributed by atoms with Crippen LogP contribution in [-0.2, 0) is 10.2 Å². The highest BCUT2D eigenvalue weighted by Crippen LogP contribution is 2.39. The van der Waals surface area contributed by atoms with E-state index < -0.39 is 15.7 Å². The molecule has 0 fully saturated rings. The standard InChI is InChI=1S/C14H22N4O2S/c1-14(2)13(15-21(19,20)16(3)4)17(5)11-9-7-8-10-12(11)18(14)6/h7-10H,1-6H3/b15-13+. The highest BCUT2D eigenvalue weighted by Gasteiger charge is 2.40. The summed E-state index contributed by atoms with van der Waals surface area (Å²) in [5.74, 6) is 0.498. The Kier molecular flexibility index (Phi) is 3.75. The van der Waals surface area contributed by atoms with Gasteiger partial charge >= 0.3 is 10.2 Å². The molecule has 2 rings (SSSR count). The molecule has 116 valence electrons. The minimum atomic E-state index is -3.67. The van der Waals surface area contributed by atoms with Crippen molar-refractivity contribution in [3.05, 3.63) is 24.3 Å². The van der Waals surface area contributed by atoms with E-state index in [1.807, 2.05) is 62.0 Å². The van der Waals surface area contributed by atoms with Crippen molar-refractivity contribution in [1.29, 1.82) is 0 Å². The highest BCUT2D eigenvalue weighted by molar-refractivity contribution is 7.87. The summed E-state index contributed by atoms with van der Waals surface area (Å²) in [6, 6.07) is 7.88. The Labute approximate surface area is 126 Å². The first-order valence-electron chi connectivity index (χ1n) is 6.68. The third-order valence-electron chi connectivity index (χ3n) is 3.97. The summed E-state index contributed by atoms with van der Waals surface area (Å²) >= 11 is 0. The molecule has 0 bridgehead atoms. The van der Waals surface area contributed by atoms with Gasteiger partial charge in [0.1, 0.15) is 5.84 Å². The molecule has 21 heavy (non-hydrogen) atoms. The third-order valence-corrected chi connectivity index (χ3v) is 5.30. The first-order valence-corrected chi connectivity index (χ1v) is 8.08. The average Bonchev–Trinajstić information content (AvgIpc) is 2.41. The zero-order valence-electron chi connectivity index (χ0n) is 13.3. The largest absolute Gasteiger partial charge is 0.361 e. The van der Waals surface area contributed by atoms with Crippen LogP contribution in [0.5, 0.6) is 0 Å². The monoisotopic (exact) mass is 310 g/mol. The molecule has 1 aromatic carbocycles. The molecule has 0 spiro atoms. The van der Waals surface area contributed by atoms with E-state index in [1.54, 1.807) is 0 Å². The fourth-order valence-electron chi connectivity index (χ4n) is 2.37. The van der Waals surface area contributed by atoms with Crippen LogP contribution in [-0.4, -0.2) is 52.3 Å². The maximum absolute atomic E-state index is 12.1. The van der Waals surface area contributed by atoms with Crippen LogP contribution < -0.4 is 9.80 Å². The van der Waals surface area contributed by atoms with Gasteiger partial charge in [-0.15, -0.1) is 4.40 Å². The van der Waals surface area contributed by atoms with Crippen molar-refractivity contribution in [1.82, 2.24) is 4.31 Å². The lowest BCUT2D eigenvalue weighted by atomic mass is 9.95. The van der Waals surface area contributed by atoms with E-state index in [1.165, 1.54) is 14.1 Å². The van der Waals surface area contributed by atoms with Gasteiger partial charge in [0.05, 0.1) is 16.9 Å². The van der Waals surface area contributed by atoms with Crippen LogP contribution in [0.3, 0.4) is 0 Å². The normalized spacial score (nSPS) is 20.0. The van der Waals surface area contributed by atoms with Crippen LogP contribution in [0, 0.1) is 0 Å². The Morgan fingerprint density at radius 1 is 1.10 bits per heavy atom. The molecule has 7 heteroatoms. The van der Waals surface area contributed by atoms with Gasteiger partial charge < -0.3 is 9.80 Å². The summed E-state index contributed by atoms with van der Waals surface area (Å²) in [5, 5.41) is 0. The molecule has 0 saturated heterocycles. The first kappa shape index (κ1) is 15.8. The van der Waals surface area contributed by atoms with Gasteiger partial charge in [-0.25, -0.2) is 0 Å². The molecule has 6 nitrogen and oxygen atoms in total. The fourth-order valence-corrected chi connectivity index (χ4v) is 3.10. The molecule has 1 aliphatic heterocycles. The Morgan fingerprint density at radius 2 is 1.62 bits per heavy atom. The van der Waals surface area contributed by atoms with Crippen LogP contribution in [0.25, 0.3) is 0 Å². The maximum Gasteiger partial charge on any atom is 0.323 e. The van der Waals surface area contributed by atoms with Gasteiger partial charge in [-0.05, 0) is 26.0 Å². The van der Waals surface area contributed by atoms with Crippen molar-refractivity contribution in [2.45, 2.75) is 19.4 Å². The molecule has 0 radical (unpaired) electrons. The lowest BCUT2D eigenvalue weighted by Gasteiger charge is -2.47. The quantitative estimate of drug-likeness (QED) is 0.832. The van der Waals surface area contributed by atoms with Gasteiger partial charge in [0.2, 0.25) is 0 Å². The van der Waals surface area contributed by atoms with Gasteiger partial charge in [0.15, 0.2) is 0 Å². The molecule has 0 amide bonds. The first-order chi connectivity index (χ1) is 9.59. The second kappa shape index (κ2) is 4.99. The van der Waals surface area contributed by atoms with E-state index in [-0.39, 0.29) is 0 Å².